The van der Waals surface area contributed by atoms with Crippen LogP contribution in [0.15, 0.2) is 11.0 Å². The number of aliphatic hydroxyl groups excluding tert-OH is 2. The normalized spacial score (nSPS) is 22.2. The molecule has 11 nitrogen and oxygen atoms in total. The number of halogens is 1. The van der Waals surface area contributed by atoms with Crippen molar-refractivity contribution in [3.8, 4) is 0 Å². The van der Waals surface area contributed by atoms with Crippen molar-refractivity contribution in [2.45, 2.75) is 44.8 Å². The maximum absolute atomic E-state index is 12.5. The number of hydrogen-bond donors (Lipinski definition) is 3. The molecule has 0 radical (unpaired) electrons. The molecule has 1 amide bonds. The van der Waals surface area contributed by atoms with Crippen LogP contribution >= 0.6 is 46.1 Å². The lowest BCUT2D eigenvalue weighted by Crippen LogP contribution is -2.36. The van der Waals surface area contributed by atoms with Crippen molar-refractivity contribution in [3.63, 3.8) is 0 Å². The topological polar surface area (TPSA) is 149 Å². The molecule has 0 saturated carbocycles. The van der Waals surface area contributed by atoms with Gasteiger partial charge in [0, 0.05) is 17.7 Å². The quantitative estimate of drug-likeness (QED) is 0.178. The maximum Gasteiger partial charge on any atom is 0.412 e. The van der Waals surface area contributed by atoms with Crippen molar-refractivity contribution in [1.29, 1.82) is 0 Å². The molecule has 1 saturated heterocycles. The molecule has 1 aromatic rings. The molecule has 0 unspecified atom stereocenters. The summed E-state index contributed by atoms with van der Waals surface area (Å²) in [4.78, 5) is 40.2. The number of carbonyl (C=O) groups excluding carboxylic acids is 2. The zero-order valence-electron chi connectivity index (χ0n) is 18.3. The third-order valence-electron chi connectivity index (χ3n) is 4.47. The summed E-state index contributed by atoms with van der Waals surface area (Å²) in [6.07, 6.45) is -4.84. The van der Waals surface area contributed by atoms with Gasteiger partial charge in [-0.15, -0.1) is 0 Å². The summed E-state index contributed by atoms with van der Waals surface area (Å²) in [5.41, 5.74) is -0.816. The Morgan fingerprint density at radius 2 is 1.82 bits per heavy atom. The van der Waals surface area contributed by atoms with E-state index < -0.39 is 42.3 Å². The number of aliphatic hydroxyl groups is 2. The third kappa shape index (κ3) is 8.58. The van der Waals surface area contributed by atoms with Crippen molar-refractivity contribution in [1.82, 2.24) is 9.55 Å². The van der Waals surface area contributed by atoms with Gasteiger partial charge in [0.15, 0.2) is 12.0 Å². The highest BCUT2D eigenvalue weighted by atomic mass is 127. The SMILES string of the molecule is CCSCCOC(=O)C[C@H]1O[C@@H](n2cc(I)c(NC(=O)OCCSCC)nc2=O)[C@H](O)[C@@H]1O. The Labute approximate surface area is 213 Å². The van der Waals surface area contributed by atoms with Crippen LogP contribution in [-0.2, 0) is 19.0 Å². The summed E-state index contributed by atoms with van der Waals surface area (Å²) in [6, 6.07) is 0. The molecule has 0 spiro atoms. The second kappa shape index (κ2) is 14.4. The van der Waals surface area contributed by atoms with E-state index in [1.54, 1.807) is 23.5 Å². The van der Waals surface area contributed by atoms with Gasteiger partial charge in [0.05, 0.1) is 16.1 Å². The van der Waals surface area contributed by atoms with Crippen molar-refractivity contribution in [2.75, 3.05) is 41.5 Å². The molecule has 14 heteroatoms. The molecule has 186 valence electrons. The molecule has 1 aromatic heterocycles. The number of hydrogen-bond acceptors (Lipinski definition) is 11. The number of esters is 1. The minimum Gasteiger partial charge on any atom is -0.465 e. The van der Waals surface area contributed by atoms with Crippen molar-refractivity contribution < 1.29 is 34.0 Å². The zero-order valence-corrected chi connectivity index (χ0v) is 22.1. The Morgan fingerprint density at radius 3 is 2.45 bits per heavy atom. The number of rotatable bonds is 12. The van der Waals surface area contributed by atoms with E-state index >= 15 is 0 Å². The Morgan fingerprint density at radius 1 is 1.18 bits per heavy atom. The summed E-state index contributed by atoms with van der Waals surface area (Å²) in [7, 11) is 0. The van der Waals surface area contributed by atoms with E-state index in [-0.39, 0.29) is 25.5 Å². The standard InChI is InChI=1S/C19H28IN3O8S2/c1-3-32-7-5-29-13(24)9-12-14(25)15(26)17(31-12)23-10-11(20)16(21-18(23)27)22-19(28)30-6-8-33-4-2/h10,12,14-15,17,25-26H,3-9H2,1-2H3,(H,21,22,27,28)/t12-,14-,15-,17-/m1/s1. The number of ether oxygens (including phenoxy) is 3. The molecule has 0 aliphatic carbocycles. The second-order valence-corrected chi connectivity index (χ2v) is 10.7. The summed E-state index contributed by atoms with van der Waals surface area (Å²) >= 11 is 5.11. The number of thioether (sulfide) groups is 2. The van der Waals surface area contributed by atoms with Crippen LogP contribution in [0.3, 0.4) is 0 Å². The fourth-order valence-electron chi connectivity index (χ4n) is 2.90. The number of anilines is 1. The van der Waals surface area contributed by atoms with E-state index in [1.165, 1.54) is 6.20 Å². The van der Waals surface area contributed by atoms with Crippen LogP contribution in [0.4, 0.5) is 10.6 Å². The number of amides is 1. The van der Waals surface area contributed by atoms with E-state index in [4.69, 9.17) is 14.2 Å². The Bertz CT molecular complexity index is 859. The van der Waals surface area contributed by atoms with Gasteiger partial charge in [-0.25, -0.2) is 9.59 Å². The predicted octanol–water partition coefficient (Wildman–Crippen LogP) is 1.46. The predicted molar refractivity (Wildman–Crippen MR) is 134 cm³/mol. The Balaban J connectivity index is 2.00. The maximum atomic E-state index is 12.5. The smallest absolute Gasteiger partial charge is 0.412 e. The Kier molecular flexibility index (Phi) is 12.3. The molecule has 1 fully saturated rings. The Hall–Kier alpha value is -1.07. The fourth-order valence-corrected chi connectivity index (χ4v) is 4.43. The van der Waals surface area contributed by atoms with Gasteiger partial charge < -0.3 is 24.4 Å². The minimum atomic E-state index is -1.46. The van der Waals surface area contributed by atoms with E-state index in [0.29, 0.717) is 15.1 Å². The van der Waals surface area contributed by atoms with Gasteiger partial charge in [-0.2, -0.15) is 28.5 Å². The van der Waals surface area contributed by atoms with Gasteiger partial charge >= 0.3 is 17.8 Å². The molecular weight excluding hydrogens is 589 g/mol. The van der Waals surface area contributed by atoms with Gasteiger partial charge in [-0.1, -0.05) is 13.8 Å². The van der Waals surface area contributed by atoms with Crippen LogP contribution in [0.5, 0.6) is 0 Å². The molecule has 0 aromatic carbocycles. The highest BCUT2D eigenvalue weighted by Gasteiger charge is 2.45. The van der Waals surface area contributed by atoms with Crippen LogP contribution in [-0.4, -0.2) is 86.4 Å². The highest BCUT2D eigenvalue weighted by Crippen LogP contribution is 2.31. The van der Waals surface area contributed by atoms with Gasteiger partial charge in [-0.05, 0) is 34.1 Å². The average Bonchev–Trinajstić information content (AvgIpc) is 3.05. The fraction of sp³-hybridized carbons (Fsp3) is 0.684. The molecule has 1 aliphatic heterocycles. The lowest BCUT2D eigenvalue weighted by atomic mass is 10.1. The molecule has 4 atom stereocenters. The molecule has 3 N–H and O–H groups in total. The van der Waals surface area contributed by atoms with Gasteiger partial charge in [0.2, 0.25) is 0 Å². The molecule has 2 heterocycles. The van der Waals surface area contributed by atoms with Crippen LogP contribution in [0.1, 0.15) is 26.5 Å². The number of aromatic nitrogens is 2. The lowest BCUT2D eigenvalue weighted by Gasteiger charge is -2.18. The van der Waals surface area contributed by atoms with Crippen molar-refractivity contribution in [3.05, 3.63) is 20.3 Å². The molecule has 1 aliphatic rings. The van der Waals surface area contributed by atoms with Crippen LogP contribution < -0.4 is 11.0 Å². The van der Waals surface area contributed by atoms with E-state index in [2.05, 4.69) is 10.3 Å². The molecular formula is C19H28IN3O8S2. The molecule has 0 bridgehead atoms. The number of nitrogens with one attached hydrogen (secondary N) is 1. The van der Waals surface area contributed by atoms with Crippen molar-refractivity contribution >= 4 is 64.0 Å². The van der Waals surface area contributed by atoms with Crippen LogP contribution in [0.2, 0.25) is 0 Å². The summed E-state index contributed by atoms with van der Waals surface area (Å²) in [5.74, 6) is 2.56. The average molecular weight is 617 g/mol. The lowest BCUT2D eigenvalue weighted by molar-refractivity contribution is -0.147. The zero-order chi connectivity index (χ0) is 24.4. The first-order valence-corrected chi connectivity index (χ1v) is 13.7. The third-order valence-corrected chi connectivity index (χ3v) is 6.98. The van der Waals surface area contributed by atoms with Gasteiger partial charge in [0.1, 0.15) is 25.4 Å². The van der Waals surface area contributed by atoms with Crippen LogP contribution in [0.25, 0.3) is 0 Å². The monoisotopic (exact) mass is 617 g/mol. The van der Waals surface area contributed by atoms with Crippen LogP contribution in [0, 0.1) is 3.57 Å². The highest BCUT2D eigenvalue weighted by molar-refractivity contribution is 14.1. The summed E-state index contributed by atoms with van der Waals surface area (Å²) < 4.78 is 17.1. The van der Waals surface area contributed by atoms with E-state index in [0.717, 1.165) is 16.1 Å². The van der Waals surface area contributed by atoms with E-state index in [1.807, 2.05) is 36.4 Å². The first-order valence-electron chi connectivity index (χ1n) is 10.3. The molecule has 2 rings (SSSR count). The van der Waals surface area contributed by atoms with Gasteiger partial charge in [-0.3, -0.25) is 14.7 Å². The minimum absolute atomic E-state index is 0.00288. The first kappa shape index (κ1) is 28.2. The number of carbonyl (C=O) groups is 2. The van der Waals surface area contributed by atoms with E-state index in [9.17, 15) is 24.6 Å². The second-order valence-electron chi connectivity index (χ2n) is 6.75. The number of nitrogens with zero attached hydrogens (tertiary/aromatic N) is 2. The van der Waals surface area contributed by atoms with Gasteiger partial charge in [0.25, 0.3) is 0 Å². The largest absolute Gasteiger partial charge is 0.465 e. The summed E-state index contributed by atoms with van der Waals surface area (Å²) in [5, 5.41) is 23.1. The molecule has 33 heavy (non-hydrogen) atoms. The first-order chi connectivity index (χ1) is 15.8. The summed E-state index contributed by atoms with van der Waals surface area (Å²) in [6.45, 7) is 4.45. The van der Waals surface area contributed by atoms with Crippen molar-refractivity contribution in [2.24, 2.45) is 0 Å².